The van der Waals surface area contributed by atoms with Gasteiger partial charge in [-0.05, 0) is 43.2 Å². The number of aromatic nitrogens is 1. The van der Waals surface area contributed by atoms with Crippen LogP contribution in [-0.4, -0.2) is 23.5 Å². The van der Waals surface area contributed by atoms with Gasteiger partial charge in [0.15, 0.2) is 0 Å². The number of nitrogens with one attached hydrogen (secondary N) is 1. The van der Waals surface area contributed by atoms with Crippen LogP contribution < -0.4 is 10.2 Å². The second-order valence-electron chi connectivity index (χ2n) is 7.21. The van der Waals surface area contributed by atoms with Gasteiger partial charge in [0, 0.05) is 41.9 Å². The lowest BCUT2D eigenvalue weighted by atomic mass is 10.1. The fourth-order valence-electron chi connectivity index (χ4n) is 3.41. The van der Waals surface area contributed by atoms with Crippen LogP contribution in [0.5, 0.6) is 0 Å². The van der Waals surface area contributed by atoms with Crippen molar-refractivity contribution in [2.45, 2.75) is 37.0 Å². The van der Waals surface area contributed by atoms with Crippen molar-refractivity contribution < 1.29 is 14.1 Å². The highest BCUT2D eigenvalue weighted by atomic mass is 32.2. The van der Waals surface area contributed by atoms with E-state index in [0.29, 0.717) is 24.3 Å². The number of aryl methyl sites for hydroxylation is 1. The summed E-state index contributed by atoms with van der Waals surface area (Å²) >= 11 is 1.56. The third-order valence-electron chi connectivity index (χ3n) is 4.96. The van der Waals surface area contributed by atoms with E-state index in [4.69, 9.17) is 4.52 Å². The Hall–Kier alpha value is -3.06. The van der Waals surface area contributed by atoms with E-state index in [2.05, 4.69) is 10.5 Å². The fraction of sp³-hybridized carbons (Fsp3) is 0.261. The van der Waals surface area contributed by atoms with E-state index in [9.17, 15) is 9.59 Å². The molecular weight excluding hydrogens is 398 g/mol. The molecule has 2 heterocycles. The summed E-state index contributed by atoms with van der Waals surface area (Å²) in [6, 6.07) is 17.2. The molecular formula is C23H23N3O3S. The molecule has 1 aliphatic rings. The van der Waals surface area contributed by atoms with E-state index < -0.39 is 0 Å². The molecule has 0 unspecified atom stereocenters. The summed E-state index contributed by atoms with van der Waals surface area (Å²) in [6.07, 6.45) is 1.52. The van der Waals surface area contributed by atoms with Crippen LogP contribution in [0.15, 0.2) is 64.0 Å². The number of carbonyl (C=O) groups excluding carboxylic acids is 2. The number of nitrogens with zero attached hydrogens (tertiary/aromatic N) is 2. The summed E-state index contributed by atoms with van der Waals surface area (Å²) in [4.78, 5) is 27.3. The quantitative estimate of drug-likeness (QED) is 0.575. The van der Waals surface area contributed by atoms with Crippen LogP contribution in [-0.2, 0) is 17.1 Å². The lowest BCUT2D eigenvalue weighted by Crippen LogP contribution is -2.24. The Morgan fingerprint density at radius 2 is 2.00 bits per heavy atom. The molecule has 0 spiro atoms. The molecule has 1 aliphatic heterocycles. The minimum Gasteiger partial charge on any atom is -0.361 e. The topological polar surface area (TPSA) is 75.4 Å². The summed E-state index contributed by atoms with van der Waals surface area (Å²) < 4.78 is 5.10. The minimum absolute atomic E-state index is 0.117. The molecule has 154 valence electrons. The predicted molar refractivity (Wildman–Crippen MR) is 116 cm³/mol. The number of hydrogen-bond donors (Lipinski definition) is 1. The Bertz CT molecular complexity index is 1050. The zero-order valence-corrected chi connectivity index (χ0v) is 17.6. The average molecular weight is 422 g/mol. The summed E-state index contributed by atoms with van der Waals surface area (Å²) in [6.45, 7) is 3.06. The first-order valence-electron chi connectivity index (χ1n) is 9.92. The van der Waals surface area contributed by atoms with E-state index >= 15 is 0 Å². The van der Waals surface area contributed by atoms with Crippen molar-refractivity contribution in [2.75, 3.05) is 11.4 Å². The first kappa shape index (κ1) is 20.2. The van der Waals surface area contributed by atoms with Gasteiger partial charge in [0.1, 0.15) is 5.76 Å². The van der Waals surface area contributed by atoms with Crippen LogP contribution in [0, 0.1) is 6.92 Å². The largest absolute Gasteiger partial charge is 0.361 e. The molecule has 6 nitrogen and oxygen atoms in total. The second kappa shape index (κ2) is 9.17. The molecule has 7 heteroatoms. The van der Waals surface area contributed by atoms with Crippen LogP contribution in [0.2, 0.25) is 0 Å². The number of hydrogen-bond acceptors (Lipinski definition) is 5. The van der Waals surface area contributed by atoms with Crippen molar-refractivity contribution in [3.8, 4) is 0 Å². The van der Waals surface area contributed by atoms with Gasteiger partial charge in [-0.15, -0.1) is 11.8 Å². The number of carbonyl (C=O) groups is 2. The molecule has 0 saturated carbocycles. The maximum atomic E-state index is 12.8. The van der Waals surface area contributed by atoms with Gasteiger partial charge < -0.3 is 14.7 Å². The van der Waals surface area contributed by atoms with Crippen molar-refractivity contribution in [1.29, 1.82) is 0 Å². The highest BCUT2D eigenvalue weighted by Gasteiger charge is 2.21. The van der Waals surface area contributed by atoms with E-state index in [-0.39, 0.29) is 11.8 Å². The molecule has 1 N–H and O–H groups in total. The molecule has 1 fully saturated rings. The summed E-state index contributed by atoms with van der Waals surface area (Å²) in [7, 11) is 0. The van der Waals surface area contributed by atoms with Gasteiger partial charge in [0.05, 0.1) is 11.3 Å². The average Bonchev–Trinajstić information content (AvgIpc) is 3.39. The summed E-state index contributed by atoms with van der Waals surface area (Å²) in [5.74, 6) is 1.47. The number of amides is 2. The smallest absolute Gasteiger partial charge is 0.252 e. The highest BCUT2D eigenvalue weighted by Crippen LogP contribution is 2.26. The van der Waals surface area contributed by atoms with Gasteiger partial charge in [-0.3, -0.25) is 9.59 Å². The highest BCUT2D eigenvalue weighted by molar-refractivity contribution is 7.98. The van der Waals surface area contributed by atoms with Gasteiger partial charge in [0.2, 0.25) is 5.91 Å². The predicted octanol–water partition coefficient (Wildman–Crippen LogP) is 4.33. The lowest BCUT2D eigenvalue weighted by Gasteiger charge is -2.16. The van der Waals surface area contributed by atoms with Crippen molar-refractivity contribution in [3.63, 3.8) is 0 Å². The fourth-order valence-corrected chi connectivity index (χ4v) is 4.34. The zero-order valence-electron chi connectivity index (χ0n) is 16.8. The lowest BCUT2D eigenvalue weighted by molar-refractivity contribution is -0.117. The molecule has 2 aromatic carbocycles. The van der Waals surface area contributed by atoms with E-state index in [1.54, 1.807) is 11.8 Å². The molecule has 0 bridgehead atoms. The third-order valence-corrected chi connectivity index (χ3v) is 6.07. The normalized spacial score (nSPS) is 13.6. The molecule has 0 atom stereocenters. The van der Waals surface area contributed by atoms with E-state index in [1.807, 2.05) is 66.4 Å². The monoisotopic (exact) mass is 421 g/mol. The van der Waals surface area contributed by atoms with Crippen LogP contribution in [0.3, 0.4) is 0 Å². The number of thioether (sulfide) groups is 1. The first-order chi connectivity index (χ1) is 14.6. The minimum atomic E-state index is -0.117. The van der Waals surface area contributed by atoms with Crippen LogP contribution >= 0.6 is 11.8 Å². The van der Waals surface area contributed by atoms with Gasteiger partial charge in [-0.25, -0.2) is 0 Å². The Morgan fingerprint density at radius 1 is 1.20 bits per heavy atom. The number of benzene rings is 2. The molecule has 4 rings (SSSR count). The number of rotatable bonds is 7. The Morgan fingerprint density at radius 3 is 2.70 bits per heavy atom. The maximum Gasteiger partial charge on any atom is 0.252 e. The van der Waals surface area contributed by atoms with Crippen LogP contribution in [0.1, 0.15) is 40.2 Å². The van der Waals surface area contributed by atoms with Crippen molar-refractivity contribution in [3.05, 3.63) is 77.2 Å². The van der Waals surface area contributed by atoms with Crippen molar-refractivity contribution in [1.82, 2.24) is 10.5 Å². The molecule has 1 saturated heterocycles. The van der Waals surface area contributed by atoms with Gasteiger partial charge in [0.25, 0.3) is 5.91 Å². The Labute approximate surface area is 179 Å². The standard InChI is InChI=1S/C23H23N3O3S/c1-16-13-18(25-29-16)15-30-21-6-3-2-5-20(21)23(28)24-14-17-8-10-19(11-9-17)26-12-4-7-22(26)27/h2-3,5-6,8-11,13H,4,7,12,14-15H2,1H3,(H,24,28). The van der Waals surface area contributed by atoms with Crippen molar-refractivity contribution in [2.24, 2.45) is 0 Å². The molecule has 1 aromatic heterocycles. The van der Waals surface area contributed by atoms with Gasteiger partial charge >= 0.3 is 0 Å². The van der Waals surface area contributed by atoms with Gasteiger partial charge in [-0.1, -0.05) is 29.4 Å². The molecule has 0 radical (unpaired) electrons. The summed E-state index contributed by atoms with van der Waals surface area (Å²) in [5, 5.41) is 6.99. The SMILES string of the molecule is Cc1cc(CSc2ccccc2C(=O)NCc2ccc(N3CCCC3=O)cc2)no1. The van der Waals surface area contributed by atoms with E-state index in [1.165, 1.54) is 0 Å². The van der Waals surface area contributed by atoms with Gasteiger partial charge in [-0.2, -0.15) is 0 Å². The van der Waals surface area contributed by atoms with E-state index in [0.717, 1.165) is 40.6 Å². The molecule has 30 heavy (non-hydrogen) atoms. The number of anilines is 1. The zero-order chi connectivity index (χ0) is 20.9. The summed E-state index contributed by atoms with van der Waals surface area (Å²) in [5.41, 5.74) is 3.39. The molecule has 0 aliphatic carbocycles. The maximum absolute atomic E-state index is 12.8. The molecule has 3 aromatic rings. The Balaban J connectivity index is 1.36. The Kier molecular flexibility index (Phi) is 6.18. The second-order valence-corrected chi connectivity index (χ2v) is 8.23. The third kappa shape index (κ3) is 4.74. The van der Waals surface area contributed by atoms with Crippen LogP contribution in [0.25, 0.3) is 0 Å². The first-order valence-corrected chi connectivity index (χ1v) is 10.9. The molecule has 2 amide bonds. The van der Waals surface area contributed by atoms with Crippen molar-refractivity contribution >= 4 is 29.3 Å². The van der Waals surface area contributed by atoms with Crippen LogP contribution in [0.4, 0.5) is 5.69 Å².